The first-order valence-electron chi connectivity index (χ1n) is 6.63. The van der Waals surface area contributed by atoms with E-state index in [4.69, 9.17) is 11.6 Å². The SMILES string of the molecule is C[C@H](Nc1cccc([N+](=O)[O-])c1)C(=O)Nc1ccc(F)cc1Cl. The summed E-state index contributed by atoms with van der Waals surface area (Å²) in [7, 11) is 0. The number of nitro groups is 1. The number of nitrogens with one attached hydrogen (secondary N) is 2. The summed E-state index contributed by atoms with van der Waals surface area (Å²) in [4.78, 5) is 22.3. The first kappa shape index (κ1) is 16.7. The van der Waals surface area contributed by atoms with E-state index in [0.29, 0.717) is 5.69 Å². The lowest BCUT2D eigenvalue weighted by Gasteiger charge is -2.15. The molecule has 0 aliphatic heterocycles. The Labute approximate surface area is 136 Å². The molecule has 1 atom stereocenters. The Balaban J connectivity index is 2.05. The second-order valence-electron chi connectivity index (χ2n) is 4.79. The first-order chi connectivity index (χ1) is 10.9. The molecule has 1 amide bonds. The van der Waals surface area contributed by atoms with Crippen LogP contribution in [0.25, 0.3) is 0 Å². The van der Waals surface area contributed by atoms with Crippen LogP contribution in [0.2, 0.25) is 5.02 Å². The molecule has 2 rings (SSSR count). The van der Waals surface area contributed by atoms with Gasteiger partial charge in [-0.3, -0.25) is 14.9 Å². The number of carbonyl (C=O) groups excluding carboxylic acids is 1. The van der Waals surface area contributed by atoms with Gasteiger partial charge in [-0.15, -0.1) is 0 Å². The third kappa shape index (κ3) is 4.40. The highest BCUT2D eigenvalue weighted by Gasteiger charge is 2.15. The molecule has 23 heavy (non-hydrogen) atoms. The molecule has 0 aliphatic carbocycles. The van der Waals surface area contributed by atoms with Gasteiger partial charge in [0.05, 0.1) is 15.6 Å². The van der Waals surface area contributed by atoms with Crippen LogP contribution in [0.3, 0.4) is 0 Å². The largest absolute Gasteiger partial charge is 0.374 e. The molecule has 0 aliphatic rings. The topological polar surface area (TPSA) is 84.3 Å². The molecule has 2 aromatic rings. The number of benzene rings is 2. The average Bonchev–Trinajstić information content (AvgIpc) is 2.50. The molecule has 120 valence electrons. The molecule has 0 heterocycles. The van der Waals surface area contributed by atoms with Gasteiger partial charge in [0.1, 0.15) is 11.9 Å². The molecule has 2 N–H and O–H groups in total. The summed E-state index contributed by atoms with van der Waals surface area (Å²) >= 11 is 5.84. The number of rotatable bonds is 5. The summed E-state index contributed by atoms with van der Waals surface area (Å²) in [5.74, 6) is -0.916. The lowest BCUT2D eigenvalue weighted by molar-refractivity contribution is -0.384. The van der Waals surface area contributed by atoms with E-state index >= 15 is 0 Å². The Bertz CT molecular complexity index is 754. The standard InChI is InChI=1S/C15H13ClFN3O3/c1-9(18-11-3-2-4-12(8-11)20(22)23)15(21)19-14-6-5-10(17)7-13(14)16/h2-9,18H,1H3,(H,19,21)/t9-/m0/s1. The van der Waals surface area contributed by atoms with Gasteiger partial charge in [-0.25, -0.2) is 4.39 Å². The molecule has 0 saturated heterocycles. The van der Waals surface area contributed by atoms with Gasteiger partial charge >= 0.3 is 0 Å². The minimum absolute atomic E-state index is 0.0795. The van der Waals surface area contributed by atoms with Crippen LogP contribution in [0.4, 0.5) is 21.5 Å². The third-order valence-corrected chi connectivity index (χ3v) is 3.34. The van der Waals surface area contributed by atoms with Gasteiger partial charge in [0, 0.05) is 17.8 Å². The summed E-state index contributed by atoms with van der Waals surface area (Å²) in [6.07, 6.45) is 0. The Kier molecular flexibility index (Phi) is 5.13. The van der Waals surface area contributed by atoms with Gasteiger partial charge in [-0.2, -0.15) is 0 Å². The number of carbonyl (C=O) groups is 1. The zero-order valence-corrected chi connectivity index (χ0v) is 12.8. The number of hydrogen-bond acceptors (Lipinski definition) is 4. The van der Waals surface area contributed by atoms with Gasteiger partial charge in [0.25, 0.3) is 5.69 Å². The minimum atomic E-state index is -0.682. The van der Waals surface area contributed by atoms with Gasteiger partial charge in [-0.1, -0.05) is 17.7 Å². The number of non-ortho nitro benzene ring substituents is 1. The highest BCUT2D eigenvalue weighted by Crippen LogP contribution is 2.23. The number of anilines is 2. The fraction of sp³-hybridized carbons (Fsp3) is 0.133. The van der Waals surface area contributed by atoms with E-state index in [1.54, 1.807) is 13.0 Å². The predicted molar refractivity (Wildman–Crippen MR) is 86.2 cm³/mol. The van der Waals surface area contributed by atoms with Crippen molar-refractivity contribution in [3.63, 3.8) is 0 Å². The second-order valence-corrected chi connectivity index (χ2v) is 5.19. The van der Waals surface area contributed by atoms with Crippen molar-refractivity contribution in [3.05, 3.63) is 63.4 Å². The van der Waals surface area contributed by atoms with Crippen molar-refractivity contribution < 1.29 is 14.1 Å². The zero-order chi connectivity index (χ0) is 17.0. The molecule has 0 fully saturated rings. The lowest BCUT2D eigenvalue weighted by atomic mass is 10.2. The van der Waals surface area contributed by atoms with Crippen molar-refractivity contribution in [3.8, 4) is 0 Å². The molecule has 0 saturated carbocycles. The third-order valence-electron chi connectivity index (χ3n) is 3.02. The fourth-order valence-electron chi connectivity index (χ4n) is 1.86. The van der Waals surface area contributed by atoms with E-state index in [0.717, 1.165) is 6.07 Å². The van der Waals surface area contributed by atoms with Crippen LogP contribution >= 0.6 is 11.6 Å². The molecule has 6 nitrogen and oxygen atoms in total. The van der Waals surface area contributed by atoms with E-state index in [-0.39, 0.29) is 16.4 Å². The quantitative estimate of drug-likeness (QED) is 0.641. The van der Waals surface area contributed by atoms with E-state index in [9.17, 15) is 19.3 Å². The first-order valence-corrected chi connectivity index (χ1v) is 7.01. The van der Waals surface area contributed by atoms with Crippen molar-refractivity contribution in [2.24, 2.45) is 0 Å². The molecule has 0 spiro atoms. The maximum absolute atomic E-state index is 13.0. The van der Waals surface area contributed by atoms with Crippen molar-refractivity contribution in [1.82, 2.24) is 0 Å². The molecule has 8 heteroatoms. The van der Waals surface area contributed by atoms with Gasteiger partial charge in [0.15, 0.2) is 0 Å². The normalized spacial score (nSPS) is 11.6. The number of amides is 1. The second kappa shape index (κ2) is 7.06. The maximum atomic E-state index is 13.0. The summed E-state index contributed by atoms with van der Waals surface area (Å²) < 4.78 is 13.0. The Hall–Kier alpha value is -2.67. The van der Waals surface area contributed by atoms with E-state index in [1.807, 2.05) is 0 Å². The molecule has 0 radical (unpaired) electrons. The Morgan fingerprint density at radius 3 is 2.70 bits per heavy atom. The van der Waals surface area contributed by atoms with Gasteiger partial charge < -0.3 is 10.6 Å². The van der Waals surface area contributed by atoms with Crippen LogP contribution in [0.1, 0.15) is 6.92 Å². The fourth-order valence-corrected chi connectivity index (χ4v) is 2.07. The van der Waals surface area contributed by atoms with E-state index in [1.165, 1.54) is 30.3 Å². The summed E-state index contributed by atoms with van der Waals surface area (Å²) in [6.45, 7) is 1.59. The van der Waals surface area contributed by atoms with Crippen LogP contribution in [-0.2, 0) is 4.79 Å². The minimum Gasteiger partial charge on any atom is -0.374 e. The van der Waals surface area contributed by atoms with Crippen molar-refractivity contribution in [2.45, 2.75) is 13.0 Å². The molecule has 0 bridgehead atoms. The van der Waals surface area contributed by atoms with Crippen molar-refractivity contribution in [1.29, 1.82) is 0 Å². The molecule has 0 aromatic heterocycles. The summed E-state index contributed by atoms with van der Waals surface area (Å²) in [6, 6.07) is 8.76. The Morgan fingerprint density at radius 2 is 2.04 bits per heavy atom. The van der Waals surface area contributed by atoms with Crippen LogP contribution in [0, 0.1) is 15.9 Å². The van der Waals surface area contributed by atoms with Crippen LogP contribution in [0.5, 0.6) is 0 Å². The highest BCUT2D eigenvalue weighted by molar-refractivity contribution is 6.33. The summed E-state index contributed by atoms with van der Waals surface area (Å²) in [5.41, 5.74) is 0.641. The molecule has 2 aromatic carbocycles. The average molecular weight is 338 g/mol. The number of nitrogens with zero attached hydrogens (tertiary/aromatic N) is 1. The monoisotopic (exact) mass is 337 g/mol. The van der Waals surface area contributed by atoms with Crippen LogP contribution in [-0.4, -0.2) is 16.9 Å². The van der Waals surface area contributed by atoms with Gasteiger partial charge in [0.2, 0.25) is 5.91 Å². The van der Waals surface area contributed by atoms with E-state index < -0.39 is 22.7 Å². The summed E-state index contributed by atoms with van der Waals surface area (Å²) in [5, 5.41) is 16.2. The van der Waals surface area contributed by atoms with Crippen molar-refractivity contribution >= 4 is 34.6 Å². The number of halogens is 2. The van der Waals surface area contributed by atoms with Crippen LogP contribution in [0.15, 0.2) is 42.5 Å². The smallest absolute Gasteiger partial charge is 0.271 e. The van der Waals surface area contributed by atoms with Crippen LogP contribution < -0.4 is 10.6 Å². The van der Waals surface area contributed by atoms with E-state index in [2.05, 4.69) is 10.6 Å². The lowest BCUT2D eigenvalue weighted by Crippen LogP contribution is -2.31. The number of nitro benzene ring substituents is 1. The Morgan fingerprint density at radius 1 is 1.30 bits per heavy atom. The maximum Gasteiger partial charge on any atom is 0.271 e. The zero-order valence-electron chi connectivity index (χ0n) is 12.0. The van der Waals surface area contributed by atoms with Gasteiger partial charge in [-0.05, 0) is 31.2 Å². The molecular formula is C15H13ClFN3O3. The molecule has 0 unspecified atom stereocenters. The highest BCUT2D eigenvalue weighted by atomic mass is 35.5. The predicted octanol–water partition coefficient (Wildman–Crippen LogP) is 3.83. The number of hydrogen-bond donors (Lipinski definition) is 2. The molecular weight excluding hydrogens is 325 g/mol. The van der Waals surface area contributed by atoms with Crippen molar-refractivity contribution in [2.75, 3.05) is 10.6 Å².